The van der Waals surface area contributed by atoms with Crippen molar-refractivity contribution in [3.8, 4) is 0 Å². The molecule has 0 fully saturated rings. The van der Waals surface area contributed by atoms with Gasteiger partial charge in [-0.05, 0) is 24.5 Å². The normalized spacial score (nSPS) is 10.6. The number of alkyl halides is 1. The molecule has 0 radical (unpaired) electrons. The van der Waals surface area contributed by atoms with Crippen LogP contribution in [0.15, 0.2) is 36.5 Å². The van der Waals surface area contributed by atoms with Crippen LogP contribution in [0.2, 0.25) is 0 Å². The summed E-state index contributed by atoms with van der Waals surface area (Å²) in [6.07, 6.45) is 3.86. The van der Waals surface area contributed by atoms with Gasteiger partial charge in [-0.25, -0.2) is 0 Å². The molecule has 2 heteroatoms. The van der Waals surface area contributed by atoms with Gasteiger partial charge in [-0.1, -0.05) is 24.3 Å². The molecular formula is C12H12ClN. The molecule has 0 saturated carbocycles. The van der Waals surface area contributed by atoms with E-state index in [1.807, 2.05) is 12.3 Å². The summed E-state index contributed by atoms with van der Waals surface area (Å²) in [4.78, 5) is 4.39. The maximum atomic E-state index is 5.68. The van der Waals surface area contributed by atoms with E-state index in [1.54, 1.807) is 0 Å². The molecule has 0 amide bonds. The summed E-state index contributed by atoms with van der Waals surface area (Å²) in [7, 11) is 0. The smallest absolute Gasteiger partial charge is 0.0733 e. The number of nitrogens with zero attached hydrogens (tertiary/aromatic N) is 1. The summed E-state index contributed by atoms with van der Waals surface area (Å²) in [5.41, 5.74) is 2.41. The lowest BCUT2D eigenvalue weighted by atomic mass is 10.1. The Morgan fingerprint density at radius 1 is 1.14 bits per heavy atom. The van der Waals surface area contributed by atoms with Gasteiger partial charge in [0.25, 0.3) is 0 Å². The highest BCUT2D eigenvalue weighted by Gasteiger charge is 2.00. The zero-order valence-corrected chi connectivity index (χ0v) is 8.67. The van der Waals surface area contributed by atoms with Crippen molar-refractivity contribution in [3.05, 3.63) is 42.1 Å². The highest BCUT2D eigenvalue weighted by atomic mass is 35.5. The summed E-state index contributed by atoms with van der Waals surface area (Å²) in [5, 5.41) is 1.21. The summed E-state index contributed by atoms with van der Waals surface area (Å²) < 4.78 is 0. The van der Waals surface area contributed by atoms with Crippen molar-refractivity contribution in [2.45, 2.75) is 12.8 Å². The molecule has 1 heterocycles. The van der Waals surface area contributed by atoms with Crippen LogP contribution >= 0.6 is 11.6 Å². The van der Waals surface area contributed by atoms with Gasteiger partial charge in [0.05, 0.1) is 5.52 Å². The summed E-state index contributed by atoms with van der Waals surface area (Å²) >= 11 is 5.68. The quantitative estimate of drug-likeness (QED) is 0.700. The van der Waals surface area contributed by atoms with Gasteiger partial charge in [-0.15, -0.1) is 11.6 Å². The SMILES string of the molecule is ClCCCc1cccc2cccnc12. The lowest BCUT2D eigenvalue weighted by molar-refractivity contribution is 0.933. The van der Waals surface area contributed by atoms with E-state index in [9.17, 15) is 0 Å². The van der Waals surface area contributed by atoms with Crippen LogP contribution in [0.3, 0.4) is 0 Å². The predicted octanol–water partition coefficient (Wildman–Crippen LogP) is 3.41. The number of benzene rings is 1. The van der Waals surface area contributed by atoms with Crippen LogP contribution in [0.4, 0.5) is 0 Å². The molecule has 0 atom stereocenters. The highest BCUT2D eigenvalue weighted by Crippen LogP contribution is 2.17. The lowest BCUT2D eigenvalue weighted by Gasteiger charge is -2.03. The Morgan fingerprint density at radius 3 is 2.86 bits per heavy atom. The van der Waals surface area contributed by atoms with Gasteiger partial charge in [0.2, 0.25) is 0 Å². The second-order valence-corrected chi connectivity index (χ2v) is 3.66. The molecule has 0 aliphatic rings. The Balaban J connectivity index is 2.43. The van der Waals surface area contributed by atoms with E-state index >= 15 is 0 Å². The number of hydrogen-bond donors (Lipinski definition) is 0. The summed E-state index contributed by atoms with van der Waals surface area (Å²) in [6.45, 7) is 0. The van der Waals surface area contributed by atoms with E-state index in [1.165, 1.54) is 10.9 Å². The van der Waals surface area contributed by atoms with Gasteiger partial charge in [-0.2, -0.15) is 0 Å². The van der Waals surface area contributed by atoms with Crippen molar-refractivity contribution in [1.82, 2.24) is 4.98 Å². The van der Waals surface area contributed by atoms with Crippen molar-refractivity contribution in [1.29, 1.82) is 0 Å². The fraction of sp³-hybridized carbons (Fsp3) is 0.250. The first-order valence-electron chi connectivity index (χ1n) is 4.80. The van der Waals surface area contributed by atoms with E-state index in [-0.39, 0.29) is 0 Å². The number of aryl methyl sites for hydroxylation is 1. The fourth-order valence-electron chi connectivity index (χ4n) is 1.63. The van der Waals surface area contributed by atoms with E-state index in [0.717, 1.165) is 18.4 Å². The molecule has 2 rings (SSSR count). The topological polar surface area (TPSA) is 12.9 Å². The Hall–Kier alpha value is -1.08. The van der Waals surface area contributed by atoms with Crippen LogP contribution in [0.25, 0.3) is 10.9 Å². The molecule has 0 spiro atoms. The molecule has 0 unspecified atom stereocenters. The highest BCUT2D eigenvalue weighted by molar-refractivity contribution is 6.17. The molecule has 1 aromatic heterocycles. The Bertz CT molecular complexity index is 420. The van der Waals surface area contributed by atoms with E-state index < -0.39 is 0 Å². The molecule has 0 aliphatic carbocycles. The molecule has 14 heavy (non-hydrogen) atoms. The number of fused-ring (bicyclic) bond motifs is 1. The predicted molar refractivity (Wildman–Crippen MR) is 60.8 cm³/mol. The average molecular weight is 206 g/mol. The maximum absolute atomic E-state index is 5.68. The maximum Gasteiger partial charge on any atom is 0.0733 e. The summed E-state index contributed by atoms with van der Waals surface area (Å²) in [6, 6.07) is 10.3. The van der Waals surface area contributed by atoms with E-state index in [2.05, 4.69) is 29.2 Å². The first-order chi connectivity index (χ1) is 6.92. The first kappa shape index (κ1) is 9.47. The van der Waals surface area contributed by atoms with Gasteiger partial charge in [0.1, 0.15) is 0 Å². The molecule has 1 aromatic carbocycles. The van der Waals surface area contributed by atoms with Crippen molar-refractivity contribution < 1.29 is 0 Å². The lowest BCUT2D eigenvalue weighted by Crippen LogP contribution is -1.90. The number of hydrogen-bond acceptors (Lipinski definition) is 1. The molecule has 0 saturated heterocycles. The first-order valence-corrected chi connectivity index (χ1v) is 5.34. The van der Waals surface area contributed by atoms with Crippen LogP contribution in [0.1, 0.15) is 12.0 Å². The molecular weight excluding hydrogens is 194 g/mol. The molecule has 0 bridgehead atoms. The van der Waals surface area contributed by atoms with Crippen molar-refractivity contribution in [2.75, 3.05) is 5.88 Å². The van der Waals surface area contributed by atoms with E-state index in [0.29, 0.717) is 5.88 Å². The van der Waals surface area contributed by atoms with Gasteiger partial charge < -0.3 is 0 Å². The van der Waals surface area contributed by atoms with Gasteiger partial charge >= 0.3 is 0 Å². The monoisotopic (exact) mass is 205 g/mol. The molecule has 2 aromatic rings. The van der Waals surface area contributed by atoms with Gasteiger partial charge in [0, 0.05) is 17.5 Å². The standard InChI is InChI=1S/C12H12ClN/c13-8-2-6-10-4-1-5-11-7-3-9-14-12(10)11/h1,3-5,7,9H,2,6,8H2. The molecule has 72 valence electrons. The van der Waals surface area contributed by atoms with Gasteiger partial charge in [-0.3, -0.25) is 4.98 Å². The fourth-order valence-corrected chi connectivity index (χ4v) is 1.76. The van der Waals surface area contributed by atoms with Crippen LogP contribution in [-0.2, 0) is 6.42 Å². The minimum absolute atomic E-state index is 0.712. The second kappa shape index (κ2) is 4.43. The number of pyridine rings is 1. The van der Waals surface area contributed by atoms with Crippen LogP contribution in [0, 0.1) is 0 Å². The number of aromatic nitrogens is 1. The average Bonchev–Trinajstić information content (AvgIpc) is 2.26. The summed E-state index contributed by atoms with van der Waals surface area (Å²) in [5.74, 6) is 0.712. The number of halogens is 1. The van der Waals surface area contributed by atoms with Crippen molar-refractivity contribution in [3.63, 3.8) is 0 Å². The Labute approximate surface area is 88.7 Å². The van der Waals surface area contributed by atoms with Crippen molar-refractivity contribution >= 4 is 22.5 Å². The third-order valence-electron chi connectivity index (χ3n) is 2.30. The molecule has 1 nitrogen and oxygen atoms in total. The van der Waals surface area contributed by atoms with Crippen LogP contribution in [-0.4, -0.2) is 10.9 Å². The van der Waals surface area contributed by atoms with Crippen molar-refractivity contribution in [2.24, 2.45) is 0 Å². The zero-order chi connectivity index (χ0) is 9.80. The largest absolute Gasteiger partial charge is 0.256 e. The zero-order valence-electron chi connectivity index (χ0n) is 7.91. The van der Waals surface area contributed by atoms with E-state index in [4.69, 9.17) is 11.6 Å². The molecule has 0 aliphatic heterocycles. The van der Waals surface area contributed by atoms with Crippen LogP contribution < -0.4 is 0 Å². The Morgan fingerprint density at radius 2 is 2.00 bits per heavy atom. The minimum Gasteiger partial charge on any atom is -0.256 e. The Kier molecular flexibility index (Phi) is 3.00. The second-order valence-electron chi connectivity index (χ2n) is 3.28. The third-order valence-corrected chi connectivity index (χ3v) is 2.56. The number of rotatable bonds is 3. The van der Waals surface area contributed by atoms with Crippen LogP contribution in [0.5, 0.6) is 0 Å². The minimum atomic E-state index is 0.712. The third kappa shape index (κ3) is 1.88. The van der Waals surface area contributed by atoms with Gasteiger partial charge in [0.15, 0.2) is 0 Å². The number of para-hydroxylation sites is 1. The molecule has 0 N–H and O–H groups in total.